The van der Waals surface area contributed by atoms with Crippen LogP contribution in [0.5, 0.6) is 0 Å². The molecule has 3 N–H and O–H groups in total. The van der Waals surface area contributed by atoms with Crippen molar-refractivity contribution >= 4 is 11.6 Å². The SMILES string of the molecule is NCC1CCC(c2cccc(Cl)c2)NC1. The highest BCUT2D eigenvalue weighted by atomic mass is 35.5. The number of rotatable bonds is 2. The van der Waals surface area contributed by atoms with Crippen LogP contribution in [0.25, 0.3) is 0 Å². The van der Waals surface area contributed by atoms with Gasteiger partial charge in [0.05, 0.1) is 0 Å². The van der Waals surface area contributed by atoms with E-state index in [1.54, 1.807) is 0 Å². The molecule has 1 fully saturated rings. The molecule has 0 aromatic heterocycles. The van der Waals surface area contributed by atoms with Gasteiger partial charge in [0.25, 0.3) is 0 Å². The van der Waals surface area contributed by atoms with Crippen LogP contribution in [-0.4, -0.2) is 13.1 Å². The molecule has 1 aromatic rings. The third-order valence-corrected chi connectivity index (χ3v) is 3.34. The van der Waals surface area contributed by atoms with Gasteiger partial charge in [0.1, 0.15) is 0 Å². The van der Waals surface area contributed by atoms with Crippen molar-refractivity contribution in [3.8, 4) is 0 Å². The summed E-state index contributed by atoms with van der Waals surface area (Å²) in [7, 11) is 0. The van der Waals surface area contributed by atoms with Gasteiger partial charge in [-0.3, -0.25) is 0 Å². The van der Waals surface area contributed by atoms with Gasteiger partial charge in [-0.25, -0.2) is 0 Å². The summed E-state index contributed by atoms with van der Waals surface area (Å²) in [5, 5.41) is 4.34. The first-order valence-corrected chi connectivity index (χ1v) is 5.86. The van der Waals surface area contributed by atoms with Crippen molar-refractivity contribution in [3.63, 3.8) is 0 Å². The molecule has 1 aliphatic rings. The van der Waals surface area contributed by atoms with E-state index in [9.17, 15) is 0 Å². The minimum atomic E-state index is 0.450. The fraction of sp³-hybridized carbons (Fsp3) is 0.500. The van der Waals surface area contributed by atoms with Crippen molar-refractivity contribution in [3.05, 3.63) is 34.9 Å². The number of nitrogens with one attached hydrogen (secondary N) is 1. The Balaban J connectivity index is 2.01. The zero-order chi connectivity index (χ0) is 10.7. The maximum Gasteiger partial charge on any atom is 0.0409 e. The molecule has 0 saturated carbocycles. The molecule has 1 aliphatic heterocycles. The second-order valence-electron chi connectivity index (χ2n) is 4.19. The first-order valence-electron chi connectivity index (χ1n) is 5.48. The van der Waals surface area contributed by atoms with E-state index in [2.05, 4.69) is 11.4 Å². The van der Waals surface area contributed by atoms with Gasteiger partial charge >= 0.3 is 0 Å². The van der Waals surface area contributed by atoms with Gasteiger partial charge in [-0.05, 0) is 49.5 Å². The topological polar surface area (TPSA) is 38.0 Å². The second-order valence-corrected chi connectivity index (χ2v) is 4.63. The van der Waals surface area contributed by atoms with E-state index in [1.165, 1.54) is 12.0 Å². The maximum atomic E-state index is 5.97. The smallest absolute Gasteiger partial charge is 0.0409 e. The fourth-order valence-electron chi connectivity index (χ4n) is 2.12. The first kappa shape index (κ1) is 10.9. The van der Waals surface area contributed by atoms with Crippen LogP contribution in [0.1, 0.15) is 24.4 Å². The van der Waals surface area contributed by atoms with Crippen molar-refractivity contribution in [1.82, 2.24) is 5.32 Å². The van der Waals surface area contributed by atoms with Gasteiger partial charge in [-0.1, -0.05) is 23.7 Å². The number of hydrogen-bond donors (Lipinski definition) is 2. The molecule has 2 nitrogen and oxygen atoms in total. The molecule has 0 amide bonds. The summed E-state index contributed by atoms with van der Waals surface area (Å²) in [4.78, 5) is 0. The van der Waals surface area contributed by atoms with Crippen LogP contribution in [0, 0.1) is 5.92 Å². The molecule has 0 bridgehead atoms. The highest BCUT2D eigenvalue weighted by molar-refractivity contribution is 6.30. The molecule has 1 saturated heterocycles. The maximum absolute atomic E-state index is 5.97. The Morgan fingerprint density at radius 3 is 2.87 bits per heavy atom. The molecule has 1 heterocycles. The average molecular weight is 225 g/mol. The molecule has 2 unspecified atom stereocenters. The normalized spacial score (nSPS) is 26.5. The van der Waals surface area contributed by atoms with Crippen LogP contribution in [0.3, 0.4) is 0 Å². The molecule has 1 aromatic carbocycles. The van der Waals surface area contributed by atoms with Crippen molar-refractivity contribution in [2.24, 2.45) is 11.7 Å². The highest BCUT2D eigenvalue weighted by Gasteiger charge is 2.20. The van der Waals surface area contributed by atoms with Crippen molar-refractivity contribution in [2.45, 2.75) is 18.9 Å². The Bertz CT molecular complexity index is 319. The van der Waals surface area contributed by atoms with Crippen LogP contribution >= 0.6 is 11.6 Å². The molecule has 3 heteroatoms. The van der Waals surface area contributed by atoms with Crippen molar-refractivity contribution < 1.29 is 0 Å². The van der Waals surface area contributed by atoms with Crippen molar-refractivity contribution in [1.29, 1.82) is 0 Å². The molecule has 0 aliphatic carbocycles. The van der Waals surface area contributed by atoms with E-state index in [-0.39, 0.29) is 0 Å². The number of benzene rings is 1. The largest absolute Gasteiger partial charge is 0.330 e. The van der Waals surface area contributed by atoms with E-state index in [0.717, 1.165) is 24.5 Å². The number of halogens is 1. The lowest BCUT2D eigenvalue weighted by Gasteiger charge is -2.29. The Hall–Kier alpha value is -0.570. The lowest BCUT2D eigenvalue weighted by molar-refractivity contribution is 0.320. The van der Waals surface area contributed by atoms with Crippen LogP contribution in [0.2, 0.25) is 5.02 Å². The molecule has 0 radical (unpaired) electrons. The lowest BCUT2D eigenvalue weighted by Crippen LogP contribution is -2.36. The highest BCUT2D eigenvalue weighted by Crippen LogP contribution is 2.26. The number of piperidine rings is 1. The van der Waals surface area contributed by atoms with Crippen molar-refractivity contribution in [2.75, 3.05) is 13.1 Å². The molecule has 0 spiro atoms. The predicted molar refractivity (Wildman–Crippen MR) is 64.0 cm³/mol. The van der Waals surface area contributed by atoms with Crippen LogP contribution in [0.15, 0.2) is 24.3 Å². The lowest BCUT2D eigenvalue weighted by atomic mass is 9.91. The third-order valence-electron chi connectivity index (χ3n) is 3.10. The van der Waals surface area contributed by atoms with E-state index in [0.29, 0.717) is 12.0 Å². The van der Waals surface area contributed by atoms with Crippen LogP contribution in [0.4, 0.5) is 0 Å². The quantitative estimate of drug-likeness (QED) is 0.810. The molecule has 2 atom stereocenters. The summed E-state index contributed by atoms with van der Waals surface area (Å²) < 4.78 is 0. The van der Waals surface area contributed by atoms with Gasteiger partial charge in [-0.2, -0.15) is 0 Å². The van der Waals surface area contributed by atoms with E-state index in [1.807, 2.05) is 18.2 Å². The van der Waals surface area contributed by atoms with Gasteiger partial charge < -0.3 is 11.1 Å². The van der Waals surface area contributed by atoms with E-state index < -0.39 is 0 Å². The Morgan fingerprint density at radius 1 is 1.40 bits per heavy atom. The Morgan fingerprint density at radius 2 is 2.27 bits per heavy atom. The van der Waals surface area contributed by atoms with Gasteiger partial charge in [0.15, 0.2) is 0 Å². The second kappa shape index (κ2) is 4.97. The first-order chi connectivity index (χ1) is 7.29. The minimum Gasteiger partial charge on any atom is -0.330 e. The van der Waals surface area contributed by atoms with E-state index in [4.69, 9.17) is 17.3 Å². The summed E-state index contributed by atoms with van der Waals surface area (Å²) >= 11 is 5.97. The van der Waals surface area contributed by atoms with E-state index >= 15 is 0 Å². The zero-order valence-electron chi connectivity index (χ0n) is 8.75. The predicted octanol–water partition coefficient (Wildman–Crippen LogP) is 2.34. The third kappa shape index (κ3) is 2.71. The summed E-state index contributed by atoms with van der Waals surface area (Å²) in [5.74, 6) is 0.639. The summed E-state index contributed by atoms with van der Waals surface area (Å²) in [6, 6.07) is 8.55. The standard InChI is InChI=1S/C12H17ClN2/c13-11-3-1-2-10(6-11)12-5-4-9(7-14)8-15-12/h1-3,6,9,12,15H,4-5,7-8,14H2. The molecular formula is C12H17ClN2. The monoisotopic (exact) mass is 224 g/mol. The molecular weight excluding hydrogens is 208 g/mol. The fourth-order valence-corrected chi connectivity index (χ4v) is 2.32. The molecule has 2 rings (SSSR count). The number of hydrogen-bond acceptors (Lipinski definition) is 2. The molecule has 15 heavy (non-hydrogen) atoms. The average Bonchev–Trinajstić information content (AvgIpc) is 2.29. The molecule has 82 valence electrons. The van der Waals surface area contributed by atoms with Crippen LogP contribution < -0.4 is 11.1 Å². The van der Waals surface area contributed by atoms with Gasteiger partial charge in [-0.15, -0.1) is 0 Å². The minimum absolute atomic E-state index is 0.450. The number of nitrogens with two attached hydrogens (primary N) is 1. The summed E-state index contributed by atoms with van der Waals surface area (Å²) in [6.07, 6.45) is 2.36. The zero-order valence-corrected chi connectivity index (χ0v) is 9.50. The summed E-state index contributed by atoms with van der Waals surface area (Å²) in [5.41, 5.74) is 6.94. The Kier molecular flexibility index (Phi) is 3.62. The van der Waals surface area contributed by atoms with Gasteiger partial charge in [0, 0.05) is 11.1 Å². The van der Waals surface area contributed by atoms with Crippen LogP contribution in [-0.2, 0) is 0 Å². The van der Waals surface area contributed by atoms with Gasteiger partial charge in [0.2, 0.25) is 0 Å². The Labute approximate surface area is 95.8 Å². The summed E-state index contributed by atoms with van der Waals surface area (Å²) in [6.45, 7) is 1.81.